The molecular formula is C15H17NO3. The number of pyridine rings is 1. The summed E-state index contributed by atoms with van der Waals surface area (Å²) in [7, 11) is 3.16. The number of aromatic nitrogens is 1. The molecule has 0 saturated carbocycles. The van der Waals surface area contributed by atoms with Crippen LogP contribution in [0.2, 0.25) is 0 Å². The lowest BCUT2D eigenvalue weighted by molar-refractivity contribution is 0.171. The number of ether oxygens (including phenoxy) is 2. The molecule has 0 fully saturated rings. The van der Waals surface area contributed by atoms with Crippen LogP contribution in [0.5, 0.6) is 11.6 Å². The van der Waals surface area contributed by atoms with E-state index in [4.69, 9.17) is 9.47 Å². The van der Waals surface area contributed by atoms with Gasteiger partial charge in [0.1, 0.15) is 5.75 Å². The minimum atomic E-state index is -0.681. The predicted octanol–water partition coefficient (Wildman–Crippen LogP) is 2.37. The molecule has 1 heterocycles. The third-order valence-electron chi connectivity index (χ3n) is 2.96. The summed E-state index contributed by atoms with van der Waals surface area (Å²) in [5.74, 6) is 1.22. The number of hydrogen-bond donors (Lipinski definition) is 1. The largest absolute Gasteiger partial charge is 0.496 e. The lowest BCUT2D eigenvalue weighted by atomic mass is 10.0. The van der Waals surface area contributed by atoms with Gasteiger partial charge in [0.05, 0.1) is 20.3 Å². The molecule has 0 spiro atoms. The Hall–Kier alpha value is -2.07. The summed E-state index contributed by atoms with van der Waals surface area (Å²) >= 11 is 0. The second-order valence-electron chi connectivity index (χ2n) is 4.13. The Balaban J connectivity index is 2.23. The molecule has 4 nitrogen and oxygen atoms in total. The molecule has 1 unspecified atom stereocenters. The van der Waals surface area contributed by atoms with Gasteiger partial charge >= 0.3 is 0 Å². The van der Waals surface area contributed by atoms with Crippen LogP contribution in [-0.2, 0) is 6.42 Å². The van der Waals surface area contributed by atoms with Crippen molar-refractivity contribution in [3.05, 3.63) is 53.7 Å². The summed E-state index contributed by atoms with van der Waals surface area (Å²) in [6, 6.07) is 11.2. The third-order valence-corrected chi connectivity index (χ3v) is 2.96. The molecule has 0 radical (unpaired) electrons. The van der Waals surface area contributed by atoms with Crippen molar-refractivity contribution in [1.82, 2.24) is 4.98 Å². The summed E-state index contributed by atoms with van der Waals surface area (Å²) in [6.45, 7) is 0. The molecule has 1 N–H and O–H groups in total. The van der Waals surface area contributed by atoms with Gasteiger partial charge in [-0.25, -0.2) is 4.98 Å². The van der Waals surface area contributed by atoms with Gasteiger partial charge in [0.2, 0.25) is 5.88 Å². The van der Waals surface area contributed by atoms with E-state index in [-0.39, 0.29) is 0 Å². The van der Waals surface area contributed by atoms with E-state index in [9.17, 15) is 5.11 Å². The van der Waals surface area contributed by atoms with E-state index in [1.165, 1.54) is 0 Å². The second-order valence-corrected chi connectivity index (χ2v) is 4.13. The first-order chi connectivity index (χ1) is 9.26. The number of benzene rings is 1. The van der Waals surface area contributed by atoms with Crippen LogP contribution in [0.1, 0.15) is 17.2 Å². The lowest BCUT2D eigenvalue weighted by Gasteiger charge is -2.15. The molecule has 0 aliphatic heterocycles. The first kappa shape index (κ1) is 13.4. The highest BCUT2D eigenvalue weighted by Crippen LogP contribution is 2.28. The average molecular weight is 259 g/mol. The summed E-state index contributed by atoms with van der Waals surface area (Å²) in [6.07, 6.45) is 1.41. The zero-order valence-corrected chi connectivity index (χ0v) is 11.0. The van der Waals surface area contributed by atoms with Crippen molar-refractivity contribution < 1.29 is 14.6 Å². The molecule has 2 aromatic rings. The van der Waals surface area contributed by atoms with Gasteiger partial charge in [-0.3, -0.25) is 0 Å². The zero-order chi connectivity index (χ0) is 13.7. The fraction of sp³-hybridized carbons (Fsp3) is 0.267. The van der Waals surface area contributed by atoms with E-state index in [0.717, 1.165) is 11.3 Å². The number of hydrogen-bond acceptors (Lipinski definition) is 4. The molecule has 19 heavy (non-hydrogen) atoms. The highest BCUT2D eigenvalue weighted by Gasteiger charge is 2.16. The van der Waals surface area contributed by atoms with Crippen LogP contribution in [0.3, 0.4) is 0 Å². The molecule has 1 atom stereocenters. The van der Waals surface area contributed by atoms with Gasteiger partial charge in [0, 0.05) is 18.2 Å². The van der Waals surface area contributed by atoms with Crippen LogP contribution in [0.25, 0.3) is 0 Å². The van der Waals surface area contributed by atoms with E-state index in [2.05, 4.69) is 4.98 Å². The molecule has 0 amide bonds. The predicted molar refractivity (Wildman–Crippen MR) is 72.4 cm³/mol. The number of methoxy groups -OCH3 is 2. The Labute approximate surface area is 112 Å². The minimum absolute atomic E-state index is 0.449. The van der Waals surface area contributed by atoms with Crippen molar-refractivity contribution in [3.63, 3.8) is 0 Å². The fourth-order valence-electron chi connectivity index (χ4n) is 2.02. The van der Waals surface area contributed by atoms with E-state index >= 15 is 0 Å². The SMILES string of the molecule is COc1ccccc1CC(O)c1cccnc1OC. The third kappa shape index (κ3) is 3.03. The van der Waals surface area contributed by atoms with E-state index in [1.54, 1.807) is 26.5 Å². The first-order valence-corrected chi connectivity index (χ1v) is 6.05. The molecule has 4 heteroatoms. The Kier molecular flexibility index (Phi) is 4.36. The number of rotatable bonds is 5. The maximum atomic E-state index is 10.3. The Morgan fingerprint density at radius 1 is 1.11 bits per heavy atom. The van der Waals surface area contributed by atoms with Crippen molar-refractivity contribution >= 4 is 0 Å². The van der Waals surface area contributed by atoms with Gasteiger partial charge in [0.25, 0.3) is 0 Å². The van der Waals surface area contributed by atoms with Crippen molar-refractivity contribution in [2.24, 2.45) is 0 Å². The molecule has 0 aliphatic carbocycles. The summed E-state index contributed by atoms with van der Waals surface area (Å²) in [5.41, 5.74) is 1.62. The lowest BCUT2D eigenvalue weighted by Crippen LogP contribution is -2.06. The molecule has 0 saturated heterocycles. The van der Waals surface area contributed by atoms with Crippen LogP contribution in [0, 0.1) is 0 Å². The summed E-state index contributed by atoms with van der Waals surface area (Å²) < 4.78 is 10.4. The van der Waals surface area contributed by atoms with Gasteiger partial charge < -0.3 is 14.6 Å². The Morgan fingerprint density at radius 3 is 2.63 bits per heavy atom. The van der Waals surface area contributed by atoms with Gasteiger partial charge in [-0.05, 0) is 23.8 Å². The van der Waals surface area contributed by atoms with Gasteiger partial charge in [-0.2, -0.15) is 0 Å². The molecule has 2 rings (SSSR count). The van der Waals surface area contributed by atoms with Crippen LogP contribution in [0.15, 0.2) is 42.6 Å². The van der Waals surface area contributed by atoms with Crippen molar-refractivity contribution in [3.8, 4) is 11.6 Å². The van der Waals surface area contributed by atoms with Gasteiger partial charge in [-0.1, -0.05) is 18.2 Å². The van der Waals surface area contributed by atoms with Gasteiger partial charge in [0.15, 0.2) is 0 Å². The van der Waals surface area contributed by atoms with Crippen LogP contribution in [-0.4, -0.2) is 24.3 Å². The number of aliphatic hydroxyl groups excluding tert-OH is 1. The molecule has 1 aromatic heterocycles. The maximum Gasteiger partial charge on any atom is 0.218 e. The number of para-hydroxylation sites is 1. The van der Waals surface area contributed by atoms with Crippen LogP contribution >= 0.6 is 0 Å². The van der Waals surface area contributed by atoms with Crippen molar-refractivity contribution in [2.45, 2.75) is 12.5 Å². The smallest absolute Gasteiger partial charge is 0.218 e. The van der Waals surface area contributed by atoms with E-state index < -0.39 is 6.10 Å². The highest BCUT2D eigenvalue weighted by atomic mass is 16.5. The monoisotopic (exact) mass is 259 g/mol. The molecule has 100 valence electrons. The highest BCUT2D eigenvalue weighted by molar-refractivity contribution is 5.36. The van der Waals surface area contributed by atoms with E-state index in [0.29, 0.717) is 17.9 Å². The molecule has 0 aliphatic rings. The zero-order valence-electron chi connectivity index (χ0n) is 11.0. The second kappa shape index (κ2) is 6.20. The summed E-state index contributed by atoms with van der Waals surface area (Å²) in [5, 5.41) is 10.3. The molecular weight excluding hydrogens is 242 g/mol. The average Bonchev–Trinajstić information content (AvgIpc) is 2.47. The topological polar surface area (TPSA) is 51.6 Å². The number of aliphatic hydroxyl groups is 1. The first-order valence-electron chi connectivity index (χ1n) is 6.05. The van der Waals surface area contributed by atoms with Crippen LogP contribution in [0.4, 0.5) is 0 Å². The van der Waals surface area contributed by atoms with Crippen LogP contribution < -0.4 is 9.47 Å². The van der Waals surface area contributed by atoms with Crippen molar-refractivity contribution in [2.75, 3.05) is 14.2 Å². The Morgan fingerprint density at radius 2 is 1.89 bits per heavy atom. The molecule has 0 bridgehead atoms. The van der Waals surface area contributed by atoms with Gasteiger partial charge in [-0.15, -0.1) is 0 Å². The van der Waals surface area contributed by atoms with E-state index in [1.807, 2.05) is 30.3 Å². The molecule has 1 aromatic carbocycles. The van der Waals surface area contributed by atoms with Crippen molar-refractivity contribution in [1.29, 1.82) is 0 Å². The normalized spacial score (nSPS) is 11.9. The maximum absolute atomic E-state index is 10.3. The number of nitrogens with zero attached hydrogens (tertiary/aromatic N) is 1. The quantitative estimate of drug-likeness (QED) is 0.895. The Bertz CT molecular complexity index is 542. The minimum Gasteiger partial charge on any atom is -0.496 e. The summed E-state index contributed by atoms with van der Waals surface area (Å²) in [4.78, 5) is 4.09. The standard InChI is InChI=1S/C15H17NO3/c1-18-14-8-4-3-6-11(14)10-13(17)12-7-5-9-16-15(12)19-2/h3-9,13,17H,10H2,1-2H3. The fourth-order valence-corrected chi connectivity index (χ4v) is 2.02.